The van der Waals surface area contributed by atoms with Crippen LogP contribution >= 0.6 is 0 Å². The molecule has 148 valence electrons. The number of carbonyl (C=O) groups is 2. The molecule has 6 heteroatoms. The zero-order chi connectivity index (χ0) is 19.4. The van der Waals surface area contributed by atoms with Crippen molar-refractivity contribution >= 4 is 11.8 Å². The van der Waals surface area contributed by atoms with E-state index in [9.17, 15) is 9.59 Å². The molecule has 0 saturated carbocycles. The number of rotatable bonds is 6. The van der Waals surface area contributed by atoms with Crippen molar-refractivity contribution in [3.63, 3.8) is 0 Å². The van der Waals surface area contributed by atoms with Gasteiger partial charge in [-0.05, 0) is 45.7 Å². The Morgan fingerprint density at radius 3 is 2.78 bits per heavy atom. The highest BCUT2D eigenvalue weighted by Gasteiger charge is 2.48. The van der Waals surface area contributed by atoms with Gasteiger partial charge >= 0.3 is 0 Å². The largest absolute Gasteiger partial charge is 0.496 e. The minimum atomic E-state index is -0.286. The summed E-state index contributed by atoms with van der Waals surface area (Å²) in [6.45, 7) is 7.30. The molecule has 1 aromatic carbocycles. The molecule has 3 rings (SSSR count). The van der Waals surface area contributed by atoms with Crippen LogP contribution in [-0.2, 0) is 16.1 Å². The molecular formula is C21H31N3O3. The van der Waals surface area contributed by atoms with Crippen molar-refractivity contribution < 1.29 is 14.3 Å². The number of para-hydroxylation sites is 1. The minimum absolute atomic E-state index is 0.0121. The van der Waals surface area contributed by atoms with Gasteiger partial charge in [-0.3, -0.25) is 14.5 Å². The number of amides is 2. The van der Waals surface area contributed by atoms with E-state index in [1.807, 2.05) is 29.2 Å². The van der Waals surface area contributed by atoms with Gasteiger partial charge in [0, 0.05) is 31.2 Å². The standard InChI is InChI=1S/C21H31N3O3/c1-16(2)24-11-6-9-21(20(24)26)10-12-23(15-21)14-19(25)22-13-17-7-4-5-8-18(17)27-3/h4-5,7-8,16H,6,9-15H2,1-3H3,(H,22,25)/t21-/m1/s1. The van der Waals surface area contributed by atoms with Gasteiger partial charge in [0.15, 0.2) is 0 Å². The maximum absolute atomic E-state index is 13.0. The molecule has 2 saturated heterocycles. The molecule has 0 aliphatic carbocycles. The summed E-state index contributed by atoms with van der Waals surface area (Å²) in [7, 11) is 1.63. The summed E-state index contributed by atoms with van der Waals surface area (Å²) in [5.41, 5.74) is 0.673. The number of hydrogen-bond donors (Lipinski definition) is 1. The van der Waals surface area contributed by atoms with Gasteiger partial charge in [-0.15, -0.1) is 0 Å². The summed E-state index contributed by atoms with van der Waals surface area (Å²) in [5.74, 6) is 1.04. The Labute approximate surface area is 161 Å². The Bertz CT molecular complexity index is 691. The van der Waals surface area contributed by atoms with Gasteiger partial charge in [-0.25, -0.2) is 0 Å². The van der Waals surface area contributed by atoms with Crippen molar-refractivity contribution in [2.75, 3.05) is 33.3 Å². The van der Waals surface area contributed by atoms with Crippen LogP contribution in [0.3, 0.4) is 0 Å². The molecule has 1 atom stereocenters. The third-order valence-electron chi connectivity index (χ3n) is 5.86. The summed E-state index contributed by atoms with van der Waals surface area (Å²) in [6.07, 6.45) is 2.85. The molecule has 0 radical (unpaired) electrons. The molecule has 1 N–H and O–H groups in total. The Morgan fingerprint density at radius 1 is 1.26 bits per heavy atom. The van der Waals surface area contributed by atoms with Gasteiger partial charge in [0.25, 0.3) is 0 Å². The molecule has 2 fully saturated rings. The molecule has 27 heavy (non-hydrogen) atoms. The van der Waals surface area contributed by atoms with Gasteiger partial charge < -0.3 is 15.0 Å². The van der Waals surface area contributed by atoms with Crippen molar-refractivity contribution in [2.45, 2.75) is 45.7 Å². The van der Waals surface area contributed by atoms with E-state index in [4.69, 9.17) is 4.74 Å². The predicted molar refractivity (Wildman–Crippen MR) is 104 cm³/mol. The smallest absolute Gasteiger partial charge is 0.234 e. The SMILES string of the molecule is COc1ccccc1CNC(=O)CN1CC[C@]2(CCCN(C(C)C)C2=O)C1. The van der Waals surface area contributed by atoms with Crippen LogP contribution in [0, 0.1) is 5.41 Å². The van der Waals surface area contributed by atoms with Crippen molar-refractivity contribution in [3.05, 3.63) is 29.8 Å². The molecule has 2 heterocycles. The lowest BCUT2D eigenvalue weighted by molar-refractivity contribution is -0.147. The van der Waals surface area contributed by atoms with E-state index in [2.05, 4.69) is 24.1 Å². The van der Waals surface area contributed by atoms with Crippen LogP contribution in [0.15, 0.2) is 24.3 Å². The quantitative estimate of drug-likeness (QED) is 0.829. The monoisotopic (exact) mass is 373 g/mol. The van der Waals surface area contributed by atoms with E-state index in [0.29, 0.717) is 19.6 Å². The van der Waals surface area contributed by atoms with E-state index in [1.165, 1.54) is 0 Å². The Hall–Kier alpha value is -2.08. The van der Waals surface area contributed by atoms with Crippen molar-refractivity contribution in [1.82, 2.24) is 15.1 Å². The van der Waals surface area contributed by atoms with E-state index < -0.39 is 0 Å². The number of carbonyl (C=O) groups excluding carboxylic acids is 2. The third kappa shape index (κ3) is 4.26. The molecule has 0 aromatic heterocycles. The van der Waals surface area contributed by atoms with E-state index in [0.717, 1.165) is 43.7 Å². The topological polar surface area (TPSA) is 61.9 Å². The van der Waals surface area contributed by atoms with Crippen LogP contribution in [0.25, 0.3) is 0 Å². The van der Waals surface area contributed by atoms with Crippen LogP contribution in [0.1, 0.15) is 38.7 Å². The highest BCUT2D eigenvalue weighted by atomic mass is 16.5. The van der Waals surface area contributed by atoms with Crippen LogP contribution in [0.5, 0.6) is 5.75 Å². The second kappa shape index (κ2) is 8.30. The number of piperidine rings is 1. The molecular weight excluding hydrogens is 342 g/mol. The molecule has 2 aliphatic rings. The Morgan fingerprint density at radius 2 is 2.04 bits per heavy atom. The lowest BCUT2D eigenvalue weighted by atomic mass is 9.78. The summed E-state index contributed by atoms with van der Waals surface area (Å²) >= 11 is 0. The number of hydrogen-bond acceptors (Lipinski definition) is 4. The second-order valence-electron chi connectivity index (χ2n) is 8.03. The molecule has 0 bridgehead atoms. The molecule has 2 aliphatic heterocycles. The van der Waals surface area contributed by atoms with Crippen molar-refractivity contribution in [3.8, 4) is 5.75 Å². The highest BCUT2D eigenvalue weighted by Crippen LogP contribution is 2.40. The summed E-state index contributed by atoms with van der Waals surface area (Å²) in [4.78, 5) is 29.5. The molecule has 1 spiro atoms. The first-order valence-electron chi connectivity index (χ1n) is 9.87. The fourth-order valence-corrected chi connectivity index (χ4v) is 4.37. The molecule has 0 unspecified atom stereocenters. The van der Waals surface area contributed by atoms with E-state index in [1.54, 1.807) is 7.11 Å². The third-order valence-corrected chi connectivity index (χ3v) is 5.86. The van der Waals surface area contributed by atoms with E-state index >= 15 is 0 Å². The molecule has 1 aromatic rings. The van der Waals surface area contributed by atoms with Crippen LogP contribution in [-0.4, -0.2) is 60.9 Å². The number of methoxy groups -OCH3 is 1. The zero-order valence-electron chi connectivity index (χ0n) is 16.7. The minimum Gasteiger partial charge on any atom is -0.496 e. The lowest BCUT2D eigenvalue weighted by Crippen LogP contribution is -2.52. The Balaban J connectivity index is 1.53. The molecule has 6 nitrogen and oxygen atoms in total. The average molecular weight is 373 g/mol. The lowest BCUT2D eigenvalue weighted by Gasteiger charge is -2.41. The predicted octanol–water partition coefficient (Wildman–Crippen LogP) is 2.03. The summed E-state index contributed by atoms with van der Waals surface area (Å²) in [6, 6.07) is 7.93. The summed E-state index contributed by atoms with van der Waals surface area (Å²) in [5, 5.41) is 2.97. The Kier molecular flexibility index (Phi) is 6.05. The fourth-order valence-electron chi connectivity index (χ4n) is 4.37. The van der Waals surface area contributed by atoms with Gasteiger partial charge in [0.05, 0.1) is 19.1 Å². The van der Waals surface area contributed by atoms with Crippen LogP contribution < -0.4 is 10.1 Å². The summed E-state index contributed by atoms with van der Waals surface area (Å²) < 4.78 is 5.32. The second-order valence-corrected chi connectivity index (χ2v) is 8.03. The number of nitrogens with one attached hydrogen (secondary N) is 1. The average Bonchev–Trinajstić information content (AvgIpc) is 3.05. The number of ether oxygens (including phenoxy) is 1. The maximum atomic E-state index is 13.0. The first kappa shape index (κ1) is 19.7. The zero-order valence-corrected chi connectivity index (χ0v) is 16.7. The van der Waals surface area contributed by atoms with Crippen molar-refractivity contribution in [1.29, 1.82) is 0 Å². The number of benzene rings is 1. The van der Waals surface area contributed by atoms with Gasteiger partial charge in [-0.2, -0.15) is 0 Å². The van der Waals surface area contributed by atoms with Crippen LogP contribution in [0.4, 0.5) is 0 Å². The normalized spacial score (nSPS) is 23.3. The van der Waals surface area contributed by atoms with Crippen molar-refractivity contribution in [2.24, 2.45) is 5.41 Å². The van der Waals surface area contributed by atoms with Gasteiger partial charge in [-0.1, -0.05) is 18.2 Å². The highest BCUT2D eigenvalue weighted by molar-refractivity contribution is 5.85. The fraction of sp³-hybridized carbons (Fsp3) is 0.619. The van der Waals surface area contributed by atoms with E-state index in [-0.39, 0.29) is 23.3 Å². The number of nitrogens with zero attached hydrogens (tertiary/aromatic N) is 2. The maximum Gasteiger partial charge on any atom is 0.234 e. The van der Waals surface area contributed by atoms with Gasteiger partial charge in [0.1, 0.15) is 5.75 Å². The van der Waals surface area contributed by atoms with Gasteiger partial charge in [0.2, 0.25) is 11.8 Å². The first-order chi connectivity index (χ1) is 12.9. The number of likely N-dealkylation sites (tertiary alicyclic amines) is 2. The van der Waals surface area contributed by atoms with Crippen LogP contribution in [0.2, 0.25) is 0 Å². The molecule has 2 amide bonds. The first-order valence-corrected chi connectivity index (χ1v) is 9.87.